The van der Waals surface area contributed by atoms with E-state index in [0.717, 1.165) is 59.7 Å². The first-order chi connectivity index (χ1) is 16.3. The fraction of sp³-hybridized carbons (Fsp3) is 0.192. The smallest absolute Gasteiger partial charge is 0.205 e. The second-order valence-electron chi connectivity index (χ2n) is 7.95. The molecule has 0 aliphatic rings. The van der Waals surface area contributed by atoms with Crippen LogP contribution in [0.25, 0.3) is 33.9 Å². The normalized spacial score (nSPS) is 11.1. The number of nitrogens with zero attached hydrogens (tertiary/aromatic N) is 6. The average molecular weight is 436 g/mol. The Kier molecular flexibility index (Phi) is 6.01. The molecule has 2 heterocycles. The minimum Gasteiger partial charge on any atom is -0.249 e. The van der Waals surface area contributed by atoms with Crippen molar-refractivity contribution in [2.24, 2.45) is 0 Å². The molecule has 5 rings (SSSR count). The number of benzene rings is 3. The van der Waals surface area contributed by atoms with Crippen LogP contribution in [-0.2, 0) is 13.0 Å². The van der Waals surface area contributed by atoms with Gasteiger partial charge in [0.1, 0.15) is 5.82 Å². The average Bonchev–Trinajstić information content (AvgIpc) is 3.54. The minimum absolute atomic E-state index is 0.590. The number of aromatic amines is 1. The molecule has 7 heteroatoms. The second-order valence-corrected chi connectivity index (χ2v) is 7.95. The summed E-state index contributed by atoms with van der Waals surface area (Å²) in [6.07, 6.45) is 2.93. The van der Waals surface area contributed by atoms with Gasteiger partial charge in [0.05, 0.1) is 0 Å². The topological polar surface area (TPSA) is 85.2 Å². The molecule has 0 radical (unpaired) electrons. The molecule has 7 nitrogen and oxygen atoms in total. The van der Waals surface area contributed by atoms with Crippen molar-refractivity contribution in [3.8, 4) is 33.9 Å². The van der Waals surface area contributed by atoms with E-state index in [1.54, 1.807) is 0 Å². The molecule has 0 fully saturated rings. The Hall–Kier alpha value is -4.13. The Labute approximate surface area is 192 Å². The van der Waals surface area contributed by atoms with Gasteiger partial charge in [0.2, 0.25) is 5.82 Å². The molecule has 2 aromatic heterocycles. The Morgan fingerprint density at radius 1 is 0.788 bits per heavy atom. The van der Waals surface area contributed by atoms with Crippen LogP contribution in [0.3, 0.4) is 0 Å². The fourth-order valence-corrected chi connectivity index (χ4v) is 3.89. The largest absolute Gasteiger partial charge is 0.249 e. The number of hydrogen-bond donors (Lipinski definition) is 1. The van der Waals surface area contributed by atoms with E-state index in [4.69, 9.17) is 10.1 Å². The maximum atomic E-state index is 4.88. The van der Waals surface area contributed by atoms with E-state index < -0.39 is 0 Å². The third kappa shape index (κ3) is 4.57. The Balaban J connectivity index is 1.42. The molecule has 3 aromatic carbocycles. The van der Waals surface area contributed by atoms with Crippen LogP contribution in [0.5, 0.6) is 0 Å². The van der Waals surface area contributed by atoms with Gasteiger partial charge in [-0.15, -0.1) is 10.2 Å². The summed E-state index contributed by atoms with van der Waals surface area (Å²) in [6.45, 7) is 3.07. The Morgan fingerprint density at radius 2 is 1.55 bits per heavy atom. The molecule has 0 atom stereocenters. The molecule has 0 spiro atoms. The van der Waals surface area contributed by atoms with Crippen LogP contribution in [0.4, 0.5) is 0 Å². The highest BCUT2D eigenvalue weighted by Crippen LogP contribution is 2.30. The summed E-state index contributed by atoms with van der Waals surface area (Å²) in [5, 5.41) is 19.3. The summed E-state index contributed by atoms with van der Waals surface area (Å²) in [5.41, 5.74) is 5.37. The lowest BCUT2D eigenvalue weighted by Gasteiger charge is -2.09. The molecule has 164 valence electrons. The van der Waals surface area contributed by atoms with E-state index in [-0.39, 0.29) is 0 Å². The third-order valence-electron chi connectivity index (χ3n) is 5.64. The molecule has 0 unspecified atom stereocenters. The molecule has 0 aliphatic heterocycles. The summed E-state index contributed by atoms with van der Waals surface area (Å²) in [7, 11) is 0. The van der Waals surface area contributed by atoms with Crippen LogP contribution in [0.1, 0.15) is 31.2 Å². The molecular weight excluding hydrogens is 410 g/mol. The highest BCUT2D eigenvalue weighted by Gasteiger charge is 2.13. The summed E-state index contributed by atoms with van der Waals surface area (Å²) in [6, 6.07) is 26.8. The van der Waals surface area contributed by atoms with Crippen molar-refractivity contribution in [2.45, 2.75) is 32.7 Å². The van der Waals surface area contributed by atoms with E-state index in [0.29, 0.717) is 5.82 Å². The van der Waals surface area contributed by atoms with Crippen molar-refractivity contribution in [3.63, 3.8) is 0 Å². The SMILES string of the molecule is CCCCn1nc(-c2ccccc2)nc1Cc1ccc(-c2ccccc2-c2nn[nH]n2)cc1. The van der Waals surface area contributed by atoms with Gasteiger partial charge >= 0.3 is 0 Å². The number of tetrazole rings is 1. The van der Waals surface area contributed by atoms with Crippen molar-refractivity contribution in [1.82, 2.24) is 35.4 Å². The summed E-state index contributed by atoms with van der Waals surface area (Å²) >= 11 is 0. The number of hydrogen-bond acceptors (Lipinski definition) is 5. The fourth-order valence-electron chi connectivity index (χ4n) is 3.89. The van der Waals surface area contributed by atoms with Gasteiger partial charge in [0.15, 0.2) is 5.82 Å². The van der Waals surface area contributed by atoms with Gasteiger partial charge in [0, 0.05) is 24.1 Å². The first kappa shape index (κ1) is 20.8. The molecule has 0 amide bonds. The van der Waals surface area contributed by atoms with Gasteiger partial charge in [0.25, 0.3) is 0 Å². The van der Waals surface area contributed by atoms with Crippen molar-refractivity contribution in [3.05, 3.63) is 90.3 Å². The van der Waals surface area contributed by atoms with Gasteiger partial charge < -0.3 is 0 Å². The Bertz CT molecular complexity index is 1310. The van der Waals surface area contributed by atoms with E-state index in [2.05, 4.69) is 74.7 Å². The van der Waals surface area contributed by atoms with Gasteiger partial charge in [-0.05, 0) is 28.3 Å². The van der Waals surface area contributed by atoms with E-state index in [1.165, 1.54) is 5.56 Å². The molecule has 0 saturated carbocycles. The number of H-pyrrole nitrogens is 1. The van der Waals surface area contributed by atoms with Gasteiger partial charge in [-0.2, -0.15) is 10.3 Å². The van der Waals surface area contributed by atoms with Gasteiger partial charge in [-0.1, -0.05) is 92.2 Å². The number of nitrogens with one attached hydrogen (secondary N) is 1. The van der Waals surface area contributed by atoms with Crippen molar-refractivity contribution >= 4 is 0 Å². The van der Waals surface area contributed by atoms with Gasteiger partial charge in [-0.25, -0.2) is 9.67 Å². The summed E-state index contributed by atoms with van der Waals surface area (Å²) in [5.74, 6) is 2.36. The van der Waals surface area contributed by atoms with Crippen LogP contribution in [-0.4, -0.2) is 35.4 Å². The quantitative estimate of drug-likeness (QED) is 0.363. The van der Waals surface area contributed by atoms with Crippen LogP contribution in [0, 0.1) is 0 Å². The van der Waals surface area contributed by atoms with Gasteiger partial charge in [-0.3, -0.25) is 0 Å². The van der Waals surface area contributed by atoms with Crippen LogP contribution >= 0.6 is 0 Å². The maximum Gasteiger partial charge on any atom is 0.205 e. The first-order valence-electron chi connectivity index (χ1n) is 11.2. The van der Waals surface area contributed by atoms with Crippen molar-refractivity contribution < 1.29 is 0 Å². The number of rotatable bonds is 8. The lowest BCUT2D eigenvalue weighted by Crippen LogP contribution is -2.06. The summed E-state index contributed by atoms with van der Waals surface area (Å²) in [4.78, 5) is 4.88. The molecule has 0 bridgehead atoms. The third-order valence-corrected chi connectivity index (χ3v) is 5.64. The Morgan fingerprint density at radius 3 is 2.27 bits per heavy atom. The van der Waals surface area contributed by atoms with Crippen LogP contribution < -0.4 is 0 Å². The lowest BCUT2D eigenvalue weighted by molar-refractivity contribution is 0.550. The zero-order valence-electron chi connectivity index (χ0n) is 18.5. The molecule has 0 saturated heterocycles. The minimum atomic E-state index is 0.590. The molecule has 33 heavy (non-hydrogen) atoms. The van der Waals surface area contributed by atoms with Crippen LogP contribution in [0.15, 0.2) is 78.9 Å². The predicted molar refractivity (Wildman–Crippen MR) is 128 cm³/mol. The zero-order chi connectivity index (χ0) is 22.5. The lowest BCUT2D eigenvalue weighted by atomic mass is 9.98. The number of aryl methyl sites for hydroxylation is 1. The second kappa shape index (κ2) is 9.56. The molecule has 5 aromatic rings. The van der Waals surface area contributed by atoms with Crippen LogP contribution in [0.2, 0.25) is 0 Å². The zero-order valence-corrected chi connectivity index (χ0v) is 18.5. The number of unbranched alkanes of at least 4 members (excludes halogenated alkanes) is 1. The van der Waals surface area contributed by atoms with E-state index in [1.807, 2.05) is 36.4 Å². The standard InChI is InChI=1S/C26H25N7/c1-2-3-17-33-24(27-25(30-33)21-9-5-4-6-10-21)18-19-13-15-20(16-14-19)22-11-7-8-12-23(22)26-28-31-32-29-26/h4-16H,2-3,17-18H2,1H3,(H,28,29,31,32). The highest BCUT2D eigenvalue weighted by molar-refractivity contribution is 5.80. The molecular formula is C26H25N7. The molecule has 1 N–H and O–H groups in total. The highest BCUT2D eigenvalue weighted by atomic mass is 15.5. The van der Waals surface area contributed by atoms with E-state index >= 15 is 0 Å². The number of aromatic nitrogens is 7. The first-order valence-corrected chi connectivity index (χ1v) is 11.2. The molecule has 0 aliphatic carbocycles. The monoisotopic (exact) mass is 435 g/mol. The van der Waals surface area contributed by atoms with E-state index in [9.17, 15) is 0 Å². The van der Waals surface area contributed by atoms with Crippen molar-refractivity contribution in [2.75, 3.05) is 0 Å². The predicted octanol–water partition coefficient (Wildman–Crippen LogP) is 5.18. The summed E-state index contributed by atoms with van der Waals surface area (Å²) < 4.78 is 2.06. The maximum absolute atomic E-state index is 4.88. The van der Waals surface area contributed by atoms with Crippen molar-refractivity contribution in [1.29, 1.82) is 0 Å².